The highest BCUT2D eigenvalue weighted by atomic mass is 19.4. The van der Waals surface area contributed by atoms with Crippen molar-refractivity contribution in [3.8, 4) is 0 Å². The molecule has 0 saturated carbocycles. The van der Waals surface area contributed by atoms with E-state index in [0.29, 0.717) is 13.1 Å². The van der Waals surface area contributed by atoms with Gasteiger partial charge >= 0.3 is 12.2 Å². The van der Waals surface area contributed by atoms with Crippen molar-refractivity contribution >= 4 is 6.03 Å². The van der Waals surface area contributed by atoms with Crippen molar-refractivity contribution in [1.29, 1.82) is 0 Å². The van der Waals surface area contributed by atoms with Gasteiger partial charge in [-0.1, -0.05) is 0 Å². The normalized spacial score (nSPS) is 26.8. The predicted octanol–water partition coefficient (Wildman–Crippen LogP) is 1.04. The second kappa shape index (κ2) is 4.72. The summed E-state index contributed by atoms with van der Waals surface area (Å²) >= 11 is 0. The van der Waals surface area contributed by atoms with Crippen LogP contribution in [0.25, 0.3) is 0 Å². The van der Waals surface area contributed by atoms with E-state index < -0.39 is 18.8 Å². The average molecular weight is 251 g/mol. The van der Waals surface area contributed by atoms with Gasteiger partial charge < -0.3 is 15.1 Å². The molecule has 2 fully saturated rings. The van der Waals surface area contributed by atoms with Gasteiger partial charge in [0.25, 0.3) is 0 Å². The molecule has 0 aromatic carbocycles. The van der Waals surface area contributed by atoms with Crippen LogP contribution in [0.2, 0.25) is 0 Å². The summed E-state index contributed by atoms with van der Waals surface area (Å²) in [5.74, 6) is 0. The molecule has 0 spiro atoms. The summed E-state index contributed by atoms with van der Waals surface area (Å²) in [5, 5.41) is 3.16. The number of nitrogens with one attached hydrogen (secondary N) is 1. The van der Waals surface area contributed by atoms with Crippen molar-refractivity contribution in [3.63, 3.8) is 0 Å². The maximum atomic E-state index is 12.2. The van der Waals surface area contributed by atoms with Crippen LogP contribution in [0.5, 0.6) is 0 Å². The third kappa shape index (κ3) is 3.02. The molecule has 0 bridgehead atoms. The molecule has 4 nitrogen and oxygen atoms in total. The van der Waals surface area contributed by atoms with Crippen LogP contribution in [0.1, 0.15) is 12.8 Å². The van der Waals surface area contributed by atoms with Gasteiger partial charge in [-0.25, -0.2) is 4.79 Å². The molecule has 2 amide bonds. The van der Waals surface area contributed by atoms with Gasteiger partial charge in [-0.2, -0.15) is 13.2 Å². The Hall–Kier alpha value is -0.980. The van der Waals surface area contributed by atoms with E-state index in [1.807, 2.05) is 0 Å². The van der Waals surface area contributed by atoms with E-state index in [2.05, 4.69) is 5.32 Å². The van der Waals surface area contributed by atoms with Gasteiger partial charge in [0.05, 0.1) is 0 Å². The molecule has 2 aliphatic heterocycles. The van der Waals surface area contributed by atoms with E-state index in [9.17, 15) is 18.0 Å². The van der Waals surface area contributed by atoms with Gasteiger partial charge in [-0.05, 0) is 19.4 Å². The quantitative estimate of drug-likeness (QED) is 0.796. The summed E-state index contributed by atoms with van der Waals surface area (Å²) in [4.78, 5) is 14.3. The van der Waals surface area contributed by atoms with Crippen LogP contribution in [-0.4, -0.2) is 60.8 Å². The first-order chi connectivity index (χ1) is 7.97. The largest absolute Gasteiger partial charge is 0.406 e. The number of urea groups is 1. The fraction of sp³-hybridized carbons (Fsp3) is 0.900. The number of nitrogens with zero attached hydrogens (tertiary/aromatic N) is 2. The third-order valence-electron chi connectivity index (χ3n) is 3.21. The molecule has 1 atom stereocenters. The zero-order chi connectivity index (χ0) is 12.5. The van der Waals surface area contributed by atoms with Crippen LogP contribution < -0.4 is 5.32 Å². The number of hydrogen-bond donors (Lipinski definition) is 1. The molecule has 2 heterocycles. The zero-order valence-electron chi connectivity index (χ0n) is 9.46. The Morgan fingerprint density at radius 1 is 1.35 bits per heavy atom. The maximum absolute atomic E-state index is 12.2. The second-order valence-corrected chi connectivity index (χ2v) is 4.51. The van der Waals surface area contributed by atoms with Crippen LogP contribution in [0.4, 0.5) is 18.0 Å². The van der Waals surface area contributed by atoms with E-state index in [1.54, 1.807) is 4.90 Å². The van der Waals surface area contributed by atoms with E-state index in [4.69, 9.17) is 0 Å². The first-order valence-electron chi connectivity index (χ1n) is 5.80. The standard InChI is InChI=1S/C10H16F3N3O/c11-10(12,13)7-15-4-5-16(9(15)17)8-2-1-3-14-6-8/h8,14H,1-7H2. The number of halogens is 3. The maximum Gasteiger partial charge on any atom is 0.406 e. The Labute approximate surface area is 97.7 Å². The molecule has 17 heavy (non-hydrogen) atoms. The Bertz CT molecular complexity index is 289. The fourth-order valence-electron chi connectivity index (χ4n) is 2.40. The predicted molar refractivity (Wildman–Crippen MR) is 55.6 cm³/mol. The van der Waals surface area contributed by atoms with Crippen molar-refractivity contribution < 1.29 is 18.0 Å². The molecular formula is C10H16F3N3O. The highest BCUT2D eigenvalue weighted by molar-refractivity contribution is 5.77. The topological polar surface area (TPSA) is 35.6 Å². The minimum Gasteiger partial charge on any atom is -0.319 e. The average Bonchev–Trinajstić information content (AvgIpc) is 2.60. The Morgan fingerprint density at radius 3 is 2.71 bits per heavy atom. The molecule has 0 aliphatic carbocycles. The molecule has 1 N–H and O–H groups in total. The third-order valence-corrected chi connectivity index (χ3v) is 3.21. The molecule has 98 valence electrons. The van der Waals surface area contributed by atoms with E-state index in [-0.39, 0.29) is 12.6 Å². The highest BCUT2D eigenvalue weighted by Gasteiger charge is 2.40. The lowest BCUT2D eigenvalue weighted by molar-refractivity contribution is -0.138. The van der Waals surface area contributed by atoms with Crippen molar-refractivity contribution in [2.24, 2.45) is 0 Å². The molecule has 2 rings (SSSR count). The summed E-state index contributed by atoms with van der Waals surface area (Å²) in [6.45, 7) is 1.05. The summed E-state index contributed by atoms with van der Waals surface area (Å²) in [6.07, 6.45) is -2.47. The Kier molecular flexibility index (Phi) is 3.46. The molecule has 2 saturated heterocycles. The number of carbonyl (C=O) groups excluding carboxylic acids is 1. The Balaban J connectivity index is 1.92. The molecule has 0 radical (unpaired) electrons. The van der Waals surface area contributed by atoms with Gasteiger partial charge in [0, 0.05) is 25.7 Å². The smallest absolute Gasteiger partial charge is 0.319 e. The lowest BCUT2D eigenvalue weighted by atomic mass is 10.1. The first kappa shape index (κ1) is 12.5. The number of carbonyl (C=O) groups is 1. The summed E-state index contributed by atoms with van der Waals surface area (Å²) in [5.41, 5.74) is 0. The van der Waals surface area contributed by atoms with E-state index in [1.165, 1.54) is 0 Å². The SMILES string of the molecule is O=C1N(CC(F)(F)F)CCN1C1CCCNC1. The minimum absolute atomic E-state index is 0.0504. The second-order valence-electron chi connectivity index (χ2n) is 4.51. The van der Waals surface area contributed by atoms with Crippen LogP contribution >= 0.6 is 0 Å². The number of alkyl halides is 3. The molecule has 1 unspecified atom stereocenters. The fourth-order valence-corrected chi connectivity index (χ4v) is 2.40. The number of amides is 2. The summed E-state index contributed by atoms with van der Waals surface area (Å²) in [6, 6.07) is -0.425. The van der Waals surface area contributed by atoms with E-state index >= 15 is 0 Å². The minimum atomic E-state index is -4.31. The van der Waals surface area contributed by atoms with Crippen LogP contribution in [-0.2, 0) is 0 Å². The molecule has 0 aromatic rings. The molecule has 0 aromatic heterocycles. The molecular weight excluding hydrogens is 235 g/mol. The van der Waals surface area contributed by atoms with Crippen molar-refractivity contribution in [1.82, 2.24) is 15.1 Å². The van der Waals surface area contributed by atoms with Crippen LogP contribution in [0.3, 0.4) is 0 Å². The van der Waals surface area contributed by atoms with Gasteiger partial charge in [0.15, 0.2) is 0 Å². The van der Waals surface area contributed by atoms with Gasteiger partial charge in [-0.15, -0.1) is 0 Å². The van der Waals surface area contributed by atoms with Crippen molar-refractivity contribution in [2.45, 2.75) is 25.1 Å². The van der Waals surface area contributed by atoms with Crippen molar-refractivity contribution in [2.75, 3.05) is 32.7 Å². The zero-order valence-corrected chi connectivity index (χ0v) is 9.46. The van der Waals surface area contributed by atoms with Crippen LogP contribution in [0.15, 0.2) is 0 Å². The van der Waals surface area contributed by atoms with E-state index in [0.717, 1.165) is 24.3 Å². The highest BCUT2D eigenvalue weighted by Crippen LogP contribution is 2.22. The molecule has 7 heteroatoms. The van der Waals surface area contributed by atoms with Gasteiger partial charge in [0.1, 0.15) is 6.54 Å². The number of rotatable bonds is 2. The summed E-state index contributed by atoms with van der Waals surface area (Å²) < 4.78 is 36.7. The number of hydrogen-bond acceptors (Lipinski definition) is 2. The van der Waals surface area contributed by atoms with Crippen molar-refractivity contribution in [3.05, 3.63) is 0 Å². The monoisotopic (exact) mass is 251 g/mol. The number of piperidine rings is 1. The van der Waals surface area contributed by atoms with Gasteiger partial charge in [0.2, 0.25) is 0 Å². The lowest BCUT2D eigenvalue weighted by Gasteiger charge is -2.31. The van der Waals surface area contributed by atoms with Gasteiger partial charge in [-0.3, -0.25) is 0 Å². The Morgan fingerprint density at radius 2 is 2.12 bits per heavy atom. The van der Waals surface area contributed by atoms with Crippen LogP contribution in [0, 0.1) is 0 Å². The first-order valence-corrected chi connectivity index (χ1v) is 5.80. The lowest BCUT2D eigenvalue weighted by Crippen LogP contribution is -2.48. The molecule has 2 aliphatic rings. The summed E-state index contributed by atoms with van der Waals surface area (Å²) in [7, 11) is 0.